The Morgan fingerprint density at radius 2 is 2.10 bits per heavy atom. The fourth-order valence-corrected chi connectivity index (χ4v) is 2.78. The molecule has 0 aliphatic heterocycles. The van der Waals surface area contributed by atoms with Crippen molar-refractivity contribution in [2.45, 2.75) is 31.7 Å². The fraction of sp³-hybridized carbons (Fsp3) is 0.600. The number of nitrogens with zero attached hydrogens (tertiary/aromatic N) is 1. The molecule has 1 aliphatic rings. The smallest absolute Gasteiger partial charge is 0.148 e. The van der Waals surface area contributed by atoms with Crippen molar-refractivity contribution < 1.29 is 9.13 Å². The molecule has 3 N–H and O–H groups in total. The van der Waals surface area contributed by atoms with Crippen molar-refractivity contribution in [1.29, 1.82) is 0 Å². The van der Waals surface area contributed by atoms with Crippen LogP contribution in [0.4, 0.5) is 15.8 Å². The zero-order valence-corrected chi connectivity index (χ0v) is 12.3. The molecule has 20 heavy (non-hydrogen) atoms. The predicted octanol–water partition coefficient (Wildman–Crippen LogP) is 2.70. The maximum Gasteiger partial charge on any atom is 0.148 e. The molecule has 1 aliphatic carbocycles. The highest BCUT2D eigenvalue weighted by atomic mass is 19.1. The van der Waals surface area contributed by atoms with Crippen molar-refractivity contribution in [3.63, 3.8) is 0 Å². The van der Waals surface area contributed by atoms with E-state index >= 15 is 0 Å². The van der Waals surface area contributed by atoms with Gasteiger partial charge >= 0.3 is 0 Å². The normalized spacial score (nSPS) is 15.8. The first-order valence-electron chi connectivity index (χ1n) is 7.19. The summed E-state index contributed by atoms with van der Waals surface area (Å²) in [5.41, 5.74) is 6.42. The average Bonchev–Trinajstić information content (AvgIpc) is 2.95. The van der Waals surface area contributed by atoms with Gasteiger partial charge in [0.2, 0.25) is 0 Å². The Morgan fingerprint density at radius 1 is 1.40 bits per heavy atom. The van der Waals surface area contributed by atoms with Crippen molar-refractivity contribution in [2.75, 3.05) is 38.3 Å². The fourth-order valence-electron chi connectivity index (χ4n) is 2.78. The Bertz CT molecular complexity index is 447. The van der Waals surface area contributed by atoms with Crippen LogP contribution in [0, 0.1) is 5.82 Å². The van der Waals surface area contributed by atoms with E-state index < -0.39 is 0 Å². The number of nitrogens with one attached hydrogen (secondary N) is 1. The molecule has 0 radical (unpaired) electrons. The molecular weight excluding hydrogens is 257 g/mol. The van der Waals surface area contributed by atoms with Crippen LogP contribution in [0.3, 0.4) is 0 Å². The third kappa shape index (κ3) is 3.54. The van der Waals surface area contributed by atoms with E-state index in [4.69, 9.17) is 10.5 Å². The maximum atomic E-state index is 13.8. The SMILES string of the molecule is COc1cc(NCCN(C)C2CCCC2)c(F)cc1N. The van der Waals surface area contributed by atoms with Crippen LogP contribution in [0.5, 0.6) is 5.75 Å². The third-order valence-electron chi connectivity index (χ3n) is 4.05. The number of anilines is 2. The zero-order valence-electron chi connectivity index (χ0n) is 12.3. The number of halogens is 1. The molecule has 112 valence electrons. The van der Waals surface area contributed by atoms with Gasteiger partial charge in [0.05, 0.1) is 18.5 Å². The van der Waals surface area contributed by atoms with Gasteiger partial charge in [0, 0.05) is 31.3 Å². The second-order valence-electron chi connectivity index (χ2n) is 5.42. The molecule has 0 unspecified atom stereocenters. The van der Waals surface area contributed by atoms with Crippen LogP contribution in [-0.4, -0.2) is 38.2 Å². The molecule has 0 saturated heterocycles. The number of methoxy groups -OCH3 is 1. The van der Waals surface area contributed by atoms with Gasteiger partial charge in [-0.2, -0.15) is 0 Å². The molecule has 0 spiro atoms. The highest BCUT2D eigenvalue weighted by molar-refractivity contribution is 5.62. The Hall–Kier alpha value is -1.49. The van der Waals surface area contributed by atoms with Crippen LogP contribution in [0.2, 0.25) is 0 Å². The minimum atomic E-state index is -0.341. The van der Waals surface area contributed by atoms with Gasteiger partial charge in [-0.3, -0.25) is 0 Å². The summed E-state index contributed by atoms with van der Waals surface area (Å²) in [5.74, 6) is 0.157. The molecule has 0 amide bonds. The number of hydrogen-bond acceptors (Lipinski definition) is 4. The first-order valence-corrected chi connectivity index (χ1v) is 7.19. The molecule has 0 heterocycles. The number of benzene rings is 1. The molecule has 1 fully saturated rings. The molecular formula is C15H24FN3O. The molecule has 0 bridgehead atoms. The first kappa shape index (κ1) is 14.9. The minimum Gasteiger partial charge on any atom is -0.495 e. The van der Waals surface area contributed by atoms with Gasteiger partial charge in [-0.25, -0.2) is 4.39 Å². The number of ether oxygens (including phenoxy) is 1. The van der Waals surface area contributed by atoms with Crippen LogP contribution >= 0.6 is 0 Å². The van der Waals surface area contributed by atoms with E-state index in [1.807, 2.05) is 0 Å². The monoisotopic (exact) mass is 281 g/mol. The Balaban J connectivity index is 1.87. The van der Waals surface area contributed by atoms with E-state index in [1.165, 1.54) is 38.9 Å². The summed E-state index contributed by atoms with van der Waals surface area (Å²) >= 11 is 0. The van der Waals surface area contributed by atoms with Gasteiger partial charge in [-0.05, 0) is 19.9 Å². The summed E-state index contributed by atoms with van der Waals surface area (Å²) in [6, 6.07) is 3.59. The van der Waals surface area contributed by atoms with Gasteiger partial charge in [-0.15, -0.1) is 0 Å². The van der Waals surface area contributed by atoms with E-state index in [-0.39, 0.29) is 5.82 Å². The summed E-state index contributed by atoms with van der Waals surface area (Å²) in [6.07, 6.45) is 5.21. The van der Waals surface area contributed by atoms with E-state index in [1.54, 1.807) is 6.07 Å². The highest BCUT2D eigenvalue weighted by Crippen LogP contribution is 2.28. The summed E-state index contributed by atoms with van der Waals surface area (Å²) in [6.45, 7) is 1.60. The van der Waals surface area contributed by atoms with Crippen molar-refractivity contribution in [3.05, 3.63) is 17.9 Å². The van der Waals surface area contributed by atoms with Gasteiger partial charge < -0.3 is 20.7 Å². The van der Waals surface area contributed by atoms with E-state index in [2.05, 4.69) is 17.3 Å². The number of rotatable bonds is 6. The number of nitrogen functional groups attached to an aromatic ring is 1. The van der Waals surface area contributed by atoms with Crippen molar-refractivity contribution in [3.8, 4) is 5.75 Å². The highest BCUT2D eigenvalue weighted by Gasteiger charge is 2.19. The minimum absolute atomic E-state index is 0.318. The van der Waals surface area contributed by atoms with Gasteiger partial charge in [0.1, 0.15) is 11.6 Å². The van der Waals surface area contributed by atoms with Crippen molar-refractivity contribution in [1.82, 2.24) is 4.90 Å². The molecule has 1 aromatic carbocycles. The van der Waals surface area contributed by atoms with Crippen LogP contribution < -0.4 is 15.8 Å². The zero-order chi connectivity index (χ0) is 14.5. The topological polar surface area (TPSA) is 50.5 Å². The molecule has 5 heteroatoms. The summed E-state index contributed by atoms with van der Waals surface area (Å²) in [7, 11) is 3.67. The van der Waals surface area contributed by atoms with Crippen LogP contribution in [-0.2, 0) is 0 Å². The number of nitrogens with two attached hydrogens (primary N) is 1. The lowest BCUT2D eigenvalue weighted by molar-refractivity contribution is 0.254. The quantitative estimate of drug-likeness (QED) is 0.787. The van der Waals surface area contributed by atoms with Crippen LogP contribution in [0.25, 0.3) is 0 Å². The lowest BCUT2D eigenvalue weighted by Crippen LogP contribution is -2.33. The summed E-state index contributed by atoms with van der Waals surface area (Å²) in [4.78, 5) is 2.35. The third-order valence-corrected chi connectivity index (χ3v) is 4.05. The van der Waals surface area contributed by atoms with Crippen LogP contribution in [0.15, 0.2) is 12.1 Å². The van der Waals surface area contributed by atoms with Crippen molar-refractivity contribution >= 4 is 11.4 Å². The molecule has 0 atom stereocenters. The summed E-state index contributed by atoms with van der Waals surface area (Å²) in [5, 5.41) is 3.12. The van der Waals surface area contributed by atoms with E-state index in [9.17, 15) is 4.39 Å². The molecule has 4 nitrogen and oxygen atoms in total. The Morgan fingerprint density at radius 3 is 2.75 bits per heavy atom. The number of likely N-dealkylation sites (N-methyl/N-ethyl adjacent to an activating group) is 1. The predicted molar refractivity (Wildman–Crippen MR) is 80.7 cm³/mol. The lowest BCUT2D eigenvalue weighted by atomic mass is 10.2. The first-order chi connectivity index (χ1) is 9.61. The van der Waals surface area contributed by atoms with E-state index in [0.29, 0.717) is 29.7 Å². The second kappa shape index (κ2) is 6.79. The lowest BCUT2D eigenvalue weighted by Gasteiger charge is -2.24. The summed E-state index contributed by atoms with van der Waals surface area (Å²) < 4.78 is 18.9. The van der Waals surface area contributed by atoms with Crippen molar-refractivity contribution in [2.24, 2.45) is 0 Å². The molecule has 1 saturated carbocycles. The Labute approximate surface area is 120 Å². The standard InChI is InChI=1S/C15H24FN3O/c1-19(11-5-3-4-6-11)8-7-18-14-10-15(20-2)13(17)9-12(14)16/h9-11,18H,3-8,17H2,1-2H3. The van der Waals surface area contributed by atoms with Crippen LogP contribution in [0.1, 0.15) is 25.7 Å². The Kier molecular flexibility index (Phi) is 5.06. The molecule has 2 rings (SSSR count). The maximum absolute atomic E-state index is 13.8. The average molecular weight is 281 g/mol. The van der Waals surface area contributed by atoms with Gasteiger partial charge in [0.15, 0.2) is 0 Å². The second-order valence-corrected chi connectivity index (χ2v) is 5.42. The molecule has 0 aromatic heterocycles. The van der Waals surface area contributed by atoms with Gasteiger partial charge in [-0.1, -0.05) is 12.8 Å². The molecule has 1 aromatic rings. The number of hydrogen-bond donors (Lipinski definition) is 2. The largest absolute Gasteiger partial charge is 0.495 e. The van der Waals surface area contributed by atoms with E-state index in [0.717, 1.165) is 6.54 Å². The van der Waals surface area contributed by atoms with Gasteiger partial charge in [0.25, 0.3) is 0 Å².